The van der Waals surface area contributed by atoms with Gasteiger partial charge in [0, 0.05) is 18.7 Å². The van der Waals surface area contributed by atoms with E-state index in [2.05, 4.69) is 17.2 Å². The van der Waals surface area contributed by atoms with Crippen LogP contribution in [-0.4, -0.2) is 12.6 Å². The summed E-state index contributed by atoms with van der Waals surface area (Å²) in [4.78, 5) is 10.4. The Bertz CT molecular complexity index is 116. The first kappa shape index (κ1) is 5.15. The number of hydrogen-bond donors (Lipinski definition) is 2. The van der Waals surface area contributed by atoms with Crippen molar-refractivity contribution >= 4 is 6.03 Å². The lowest BCUT2D eigenvalue weighted by atomic mass is 10.3. The molecule has 1 fully saturated rings. The van der Waals surface area contributed by atoms with Gasteiger partial charge >= 0.3 is 6.03 Å². The minimum absolute atomic E-state index is 0.138. The summed E-state index contributed by atoms with van der Waals surface area (Å²) in [5.74, 6) is 0. The number of carbonyl (C=O) groups is 1. The first-order valence-electron chi connectivity index (χ1n) is 2.51. The molecule has 3 nitrogen and oxygen atoms in total. The molecule has 0 aromatic rings. The van der Waals surface area contributed by atoms with Gasteiger partial charge in [-0.05, 0) is 0 Å². The third-order valence-corrected chi connectivity index (χ3v) is 1.00. The highest BCUT2D eigenvalue weighted by Gasteiger charge is 2.06. The SMILES string of the molecule is C=C1CCNC(=O)N1. The van der Waals surface area contributed by atoms with Crippen LogP contribution in [0.2, 0.25) is 0 Å². The summed E-state index contributed by atoms with van der Waals surface area (Å²) in [5.41, 5.74) is 0.800. The third kappa shape index (κ3) is 0.992. The number of amides is 2. The Kier molecular flexibility index (Phi) is 1.20. The summed E-state index contributed by atoms with van der Waals surface area (Å²) in [6.45, 7) is 4.31. The van der Waals surface area contributed by atoms with Crippen LogP contribution >= 0.6 is 0 Å². The lowest BCUT2D eigenvalue weighted by molar-refractivity contribution is 0.240. The van der Waals surface area contributed by atoms with Gasteiger partial charge in [0.1, 0.15) is 0 Å². The highest BCUT2D eigenvalue weighted by Crippen LogP contribution is 1.94. The molecule has 1 saturated heterocycles. The summed E-state index contributed by atoms with van der Waals surface area (Å²) in [7, 11) is 0. The maximum absolute atomic E-state index is 10.4. The van der Waals surface area contributed by atoms with Gasteiger partial charge in [0.2, 0.25) is 0 Å². The van der Waals surface area contributed by atoms with Crippen molar-refractivity contribution in [3.8, 4) is 0 Å². The largest absolute Gasteiger partial charge is 0.337 e. The van der Waals surface area contributed by atoms with Crippen LogP contribution in [0.1, 0.15) is 6.42 Å². The zero-order chi connectivity index (χ0) is 5.98. The zero-order valence-electron chi connectivity index (χ0n) is 4.53. The summed E-state index contributed by atoms with van der Waals surface area (Å²) in [6, 6.07) is -0.138. The van der Waals surface area contributed by atoms with Crippen molar-refractivity contribution in [3.05, 3.63) is 12.3 Å². The monoisotopic (exact) mass is 112 g/mol. The van der Waals surface area contributed by atoms with Crippen molar-refractivity contribution in [2.75, 3.05) is 6.54 Å². The quantitative estimate of drug-likeness (QED) is 0.462. The predicted octanol–water partition coefficient (Wildman–Crippen LogP) is 0.203. The molecule has 0 atom stereocenters. The van der Waals surface area contributed by atoms with Gasteiger partial charge in [0.15, 0.2) is 0 Å². The molecule has 44 valence electrons. The number of carbonyl (C=O) groups excluding carboxylic acids is 1. The molecule has 1 aliphatic heterocycles. The van der Waals surface area contributed by atoms with E-state index in [1.807, 2.05) is 0 Å². The molecule has 0 saturated carbocycles. The van der Waals surface area contributed by atoms with Crippen LogP contribution in [0.5, 0.6) is 0 Å². The Labute approximate surface area is 47.8 Å². The van der Waals surface area contributed by atoms with E-state index in [0.717, 1.165) is 12.1 Å². The minimum atomic E-state index is -0.138. The Morgan fingerprint density at radius 3 is 2.75 bits per heavy atom. The molecule has 0 aromatic heterocycles. The highest BCUT2D eigenvalue weighted by atomic mass is 16.2. The predicted molar refractivity (Wildman–Crippen MR) is 30.3 cm³/mol. The molecule has 0 aromatic carbocycles. The third-order valence-electron chi connectivity index (χ3n) is 1.00. The number of nitrogens with one attached hydrogen (secondary N) is 2. The van der Waals surface area contributed by atoms with Crippen molar-refractivity contribution in [3.63, 3.8) is 0 Å². The van der Waals surface area contributed by atoms with Crippen LogP contribution in [0.3, 0.4) is 0 Å². The van der Waals surface area contributed by atoms with Crippen molar-refractivity contribution in [2.45, 2.75) is 6.42 Å². The molecule has 2 amide bonds. The molecule has 0 unspecified atom stereocenters. The van der Waals surface area contributed by atoms with Gasteiger partial charge in [-0.15, -0.1) is 0 Å². The van der Waals surface area contributed by atoms with Crippen LogP contribution in [0, 0.1) is 0 Å². The first-order valence-corrected chi connectivity index (χ1v) is 2.51. The second-order valence-corrected chi connectivity index (χ2v) is 1.73. The Morgan fingerprint density at radius 2 is 2.38 bits per heavy atom. The van der Waals surface area contributed by atoms with Gasteiger partial charge in [-0.25, -0.2) is 4.79 Å². The molecule has 0 spiro atoms. The summed E-state index contributed by atoms with van der Waals surface area (Å²) in [5, 5.41) is 5.14. The molecule has 1 rings (SSSR count). The highest BCUT2D eigenvalue weighted by molar-refractivity contribution is 5.76. The van der Waals surface area contributed by atoms with Gasteiger partial charge < -0.3 is 10.6 Å². The van der Waals surface area contributed by atoms with Crippen LogP contribution in [0.4, 0.5) is 4.79 Å². The van der Waals surface area contributed by atoms with Gasteiger partial charge in [0.25, 0.3) is 0 Å². The molecule has 8 heavy (non-hydrogen) atoms. The van der Waals surface area contributed by atoms with E-state index in [4.69, 9.17) is 0 Å². The molecule has 1 heterocycles. The van der Waals surface area contributed by atoms with Crippen molar-refractivity contribution in [1.82, 2.24) is 10.6 Å². The average molecular weight is 112 g/mol. The van der Waals surface area contributed by atoms with Crippen LogP contribution in [0.15, 0.2) is 12.3 Å². The standard InChI is InChI=1S/C5H8N2O/c1-4-2-3-6-5(8)7-4/h1-3H2,(H2,6,7,8). The van der Waals surface area contributed by atoms with Gasteiger partial charge in [0.05, 0.1) is 0 Å². The summed E-state index contributed by atoms with van der Waals surface area (Å²) >= 11 is 0. The molecule has 1 aliphatic rings. The zero-order valence-corrected chi connectivity index (χ0v) is 4.53. The van der Waals surface area contributed by atoms with E-state index in [9.17, 15) is 4.79 Å². The number of rotatable bonds is 0. The first-order chi connectivity index (χ1) is 3.79. The maximum Gasteiger partial charge on any atom is 0.318 e. The minimum Gasteiger partial charge on any atom is -0.337 e. The Hall–Kier alpha value is -0.990. The smallest absolute Gasteiger partial charge is 0.318 e. The molecule has 3 heteroatoms. The topological polar surface area (TPSA) is 41.1 Å². The summed E-state index contributed by atoms with van der Waals surface area (Å²) in [6.07, 6.45) is 0.839. The number of hydrogen-bond acceptors (Lipinski definition) is 1. The molecular weight excluding hydrogens is 104 g/mol. The van der Waals surface area contributed by atoms with E-state index in [0.29, 0.717) is 6.54 Å². The molecule has 2 N–H and O–H groups in total. The molecular formula is C5H8N2O. The summed E-state index contributed by atoms with van der Waals surface area (Å²) < 4.78 is 0. The van der Waals surface area contributed by atoms with E-state index in [1.54, 1.807) is 0 Å². The van der Waals surface area contributed by atoms with Crippen molar-refractivity contribution < 1.29 is 4.79 Å². The van der Waals surface area contributed by atoms with Gasteiger partial charge in [-0.1, -0.05) is 6.58 Å². The average Bonchev–Trinajstić information content (AvgIpc) is 1.64. The van der Waals surface area contributed by atoms with E-state index in [-0.39, 0.29) is 6.03 Å². The normalized spacial score (nSPS) is 19.5. The molecule has 0 bridgehead atoms. The van der Waals surface area contributed by atoms with Gasteiger partial charge in [-0.2, -0.15) is 0 Å². The maximum atomic E-state index is 10.4. The van der Waals surface area contributed by atoms with Crippen molar-refractivity contribution in [1.29, 1.82) is 0 Å². The molecule has 0 aliphatic carbocycles. The van der Waals surface area contributed by atoms with E-state index in [1.165, 1.54) is 0 Å². The van der Waals surface area contributed by atoms with Gasteiger partial charge in [-0.3, -0.25) is 0 Å². The second-order valence-electron chi connectivity index (χ2n) is 1.73. The van der Waals surface area contributed by atoms with Crippen LogP contribution < -0.4 is 10.6 Å². The van der Waals surface area contributed by atoms with E-state index >= 15 is 0 Å². The second kappa shape index (κ2) is 1.86. The van der Waals surface area contributed by atoms with Crippen molar-refractivity contribution in [2.24, 2.45) is 0 Å². The Morgan fingerprint density at radius 1 is 1.62 bits per heavy atom. The van der Waals surface area contributed by atoms with E-state index < -0.39 is 0 Å². The van der Waals surface area contributed by atoms with Crippen LogP contribution in [-0.2, 0) is 0 Å². The molecule has 0 radical (unpaired) electrons. The lowest BCUT2D eigenvalue weighted by Crippen LogP contribution is -2.40. The fraction of sp³-hybridized carbons (Fsp3) is 0.400. The number of urea groups is 1. The fourth-order valence-electron chi connectivity index (χ4n) is 0.594. The Balaban J connectivity index is 2.45. The fourth-order valence-corrected chi connectivity index (χ4v) is 0.594. The lowest BCUT2D eigenvalue weighted by Gasteiger charge is -2.14. The van der Waals surface area contributed by atoms with Crippen LogP contribution in [0.25, 0.3) is 0 Å².